The first-order chi connectivity index (χ1) is 18.0. The first-order valence-electron chi connectivity index (χ1n) is 12.9. The van der Waals surface area contributed by atoms with Crippen molar-refractivity contribution < 1.29 is 4.79 Å². The molecule has 3 N–H and O–H groups in total. The largest absolute Gasteiger partial charge is 0.338 e. The van der Waals surface area contributed by atoms with Crippen LogP contribution < -0.4 is 16.0 Å². The number of para-hydroxylation sites is 1. The number of rotatable bonds is 5. The highest BCUT2D eigenvalue weighted by Crippen LogP contribution is 2.30. The number of carbonyl (C=O) groups excluding carboxylic acids is 1. The van der Waals surface area contributed by atoms with Crippen molar-refractivity contribution in [1.29, 1.82) is 0 Å². The van der Waals surface area contributed by atoms with Gasteiger partial charge in [-0.05, 0) is 67.6 Å². The lowest BCUT2D eigenvalue weighted by Gasteiger charge is -2.31. The monoisotopic (exact) mass is 496 g/mol. The van der Waals surface area contributed by atoms with Gasteiger partial charge in [0.1, 0.15) is 0 Å². The third kappa shape index (κ3) is 4.51. The van der Waals surface area contributed by atoms with E-state index in [1.807, 2.05) is 18.1 Å². The van der Waals surface area contributed by atoms with Crippen LogP contribution in [0.5, 0.6) is 0 Å². The highest BCUT2D eigenvalue weighted by atomic mass is 16.2. The first kappa shape index (κ1) is 23.4. The Morgan fingerprint density at radius 2 is 1.95 bits per heavy atom. The zero-order chi connectivity index (χ0) is 25.5. The molecule has 1 amide bonds. The topological polar surface area (TPSA) is 100 Å². The number of nitrogens with zero attached hydrogens (tertiary/aromatic N) is 5. The van der Waals surface area contributed by atoms with Crippen LogP contribution in [-0.2, 0) is 24.8 Å². The number of hydrogen-bond donors (Lipinski definition) is 3. The molecule has 2 aromatic heterocycles. The molecule has 0 radical (unpaired) electrons. The maximum atomic E-state index is 12.9. The minimum atomic E-state index is 0.107. The van der Waals surface area contributed by atoms with Crippen molar-refractivity contribution in [1.82, 2.24) is 30.0 Å². The number of nitrogens with one attached hydrogen (secondary N) is 3. The van der Waals surface area contributed by atoms with E-state index in [2.05, 4.69) is 76.3 Å². The molecule has 1 atom stereocenters. The van der Waals surface area contributed by atoms with Crippen LogP contribution >= 0.6 is 0 Å². The molecule has 4 heterocycles. The second-order valence-electron chi connectivity index (χ2n) is 10.1. The van der Waals surface area contributed by atoms with Gasteiger partial charge in [0, 0.05) is 44.3 Å². The number of benzene rings is 2. The van der Waals surface area contributed by atoms with Crippen LogP contribution in [0.25, 0.3) is 11.0 Å². The molecule has 2 aromatic carbocycles. The van der Waals surface area contributed by atoms with Gasteiger partial charge in [-0.2, -0.15) is 10.1 Å². The summed E-state index contributed by atoms with van der Waals surface area (Å²) in [6.45, 7) is 7.32. The number of amides is 1. The molecule has 190 valence electrons. The van der Waals surface area contributed by atoms with Crippen molar-refractivity contribution in [2.45, 2.75) is 33.2 Å². The van der Waals surface area contributed by atoms with Crippen LogP contribution in [-0.4, -0.2) is 50.2 Å². The summed E-state index contributed by atoms with van der Waals surface area (Å²) in [4.78, 5) is 24.3. The number of carbonyl (C=O) groups is 1. The van der Waals surface area contributed by atoms with Crippen molar-refractivity contribution in [2.75, 3.05) is 30.3 Å². The molecule has 9 nitrogen and oxygen atoms in total. The van der Waals surface area contributed by atoms with Gasteiger partial charge < -0.3 is 20.9 Å². The zero-order valence-electron chi connectivity index (χ0n) is 21.5. The average molecular weight is 497 g/mol. The standard InChI is InChI=1S/C28H32N8O/c1-17-5-4-6-18(2)24(17)32-25-23-15-30-28(33-26(23)35(3)34-25)31-22-8-7-19-10-12-36(16-21(19)13-22)27(37)20-9-11-29-14-20/h4-8,13,15,20,29H,9-12,14,16H2,1-3H3,(H,32,34)(H,30,31,33). The smallest absolute Gasteiger partial charge is 0.229 e. The molecule has 9 heteroatoms. The van der Waals surface area contributed by atoms with E-state index in [1.54, 1.807) is 4.68 Å². The Labute approximate surface area is 216 Å². The molecule has 0 bridgehead atoms. The molecule has 0 saturated carbocycles. The van der Waals surface area contributed by atoms with E-state index in [-0.39, 0.29) is 11.8 Å². The summed E-state index contributed by atoms with van der Waals surface area (Å²) in [5.41, 5.74) is 7.49. The van der Waals surface area contributed by atoms with Gasteiger partial charge in [-0.25, -0.2) is 9.67 Å². The Hall–Kier alpha value is -3.98. The Balaban J connectivity index is 1.22. The van der Waals surface area contributed by atoms with E-state index in [0.29, 0.717) is 12.5 Å². The predicted molar refractivity (Wildman–Crippen MR) is 145 cm³/mol. The summed E-state index contributed by atoms with van der Waals surface area (Å²) in [6, 6.07) is 12.5. The van der Waals surface area contributed by atoms with Gasteiger partial charge in [0.2, 0.25) is 11.9 Å². The normalized spacial score (nSPS) is 17.2. The average Bonchev–Trinajstić information content (AvgIpc) is 3.54. The molecule has 0 spiro atoms. The Morgan fingerprint density at radius 3 is 2.73 bits per heavy atom. The molecule has 1 unspecified atom stereocenters. The van der Waals surface area contributed by atoms with Crippen molar-refractivity contribution in [3.63, 3.8) is 0 Å². The first-order valence-corrected chi connectivity index (χ1v) is 12.9. The fourth-order valence-corrected chi connectivity index (χ4v) is 5.40. The minimum absolute atomic E-state index is 0.107. The molecule has 1 fully saturated rings. The number of hydrogen-bond acceptors (Lipinski definition) is 7. The lowest BCUT2D eigenvalue weighted by Crippen LogP contribution is -2.40. The van der Waals surface area contributed by atoms with E-state index in [0.717, 1.165) is 71.8 Å². The van der Waals surface area contributed by atoms with E-state index >= 15 is 0 Å². The fourth-order valence-electron chi connectivity index (χ4n) is 5.40. The number of anilines is 4. The number of aromatic nitrogens is 4. The maximum absolute atomic E-state index is 12.9. The SMILES string of the molecule is Cc1cccc(C)c1Nc1nn(C)c2nc(Nc3ccc4c(c3)CN(C(=O)C3CCNC3)CC4)ncc12. The molecule has 2 aliphatic rings. The van der Waals surface area contributed by atoms with Gasteiger partial charge in [0.25, 0.3) is 0 Å². The van der Waals surface area contributed by atoms with Crippen LogP contribution in [0.15, 0.2) is 42.6 Å². The Morgan fingerprint density at radius 1 is 1.11 bits per heavy atom. The second kappa shape index (κ2) is 9.48. The van der Waals surface area contributed by atoms with Crippen molar-refractivity contribution in [2.24, 2.45) is 13.0 Å². The summed E-state index contributed by atoms with van der Waals surface area (Å²) in [6.07, 6.45) is 3.62. The summed E-state index contributed by atoms with van der Waals surface area (Å²) in [5, 5.41) is 15.6. The van der Waals surface area contributed by atoms with Crippen LogP contribution in [0, 0.1) is 19.8 Å². The molecule has 4 aromatic rings. The van der Waals surface area contributed by atoms with Gasteiger partial charge in [0.05, 0.1) is 11.3 Å². The molecule has 6 rings (SSSR count). The number of aryl methyl sites for hydroxylation is 3. The van der Waals surface area contributed by atoms with E-state index in [1.165, 1.54) is 11.1 Å². The van der Waals surface area contributed by atoms with Crippen LogP contribution in [0.1, 0.15) is 28.7 Å². The molecular weight excluding hydrogens is 464 g/mol. The van der Waals surface area contributed by atoms with Gasteiger partial charge in [-0.15, -0.1) is 0 Å². The molecule has 1 saturated heterocycles. The zero-order valence-corrected chi connectivity index (χ0v) is 21.5. The molecule has 2 aliphatic heterocycles. The summed E-state index contributed by atoms with van der Waals surface area (Å²) >= 11 is 0. The van der Waals surface area contributed by atoms with Crippen molar-refractivity contribution >= 4 is 40.1 Å². The molecule has 37 heavy (non-hydrogen) atoms. The minimum Gasteiger partial charge on any atom is -0.338 e. The van der Waals surface area contributed by atoms with Gasteiger partial charge in [-0.3, -0.25) is 4.79 Å². The lowest BCUT2D eigenvalue weighted by molar-refractivity contribution is -0.135. The van der Waals surface area contributed by atoms with Gasteiger partial charge in [0.15, 0.2) is 11.5 Å². The molecular formula is C28H32N8O. The van der Waals surface area contributed by atoms with Crippen molar-refractivity contribution in [3.8, 4) is 0 Å². The Kier molecular flexibility index (Phi) is 6.00. The van der Waals surface area contributed by atoms with E-state index < -0.39 is 0 Å². The fraction of sp³-hybridized carbons (Fsp3) is 0.357. The van der Waals surface area contributed by atoms with Gasteiger partial charge >= 0.3 is 0 Å². The van der Waals surface area contributed by atoms with Crippen molar-refractivity contribution in [3.05, 3.63) is 64.8 Å². The van der Waals surface area contributed by atoms with E-state index in [9.17, 15) is 4.79 Å². The summed E-state index contributed by atoms with van der Waals surface area (Å²) < 4.78 is 1.77. The lowest BCUT2D eigenvalue weighted by atomic mass is 9.97. The Bertz CT molecular complexity index is 1470. The summed E-state index contributed by atoms with van der Waals surface area (Å²) in [7, 11) is 1.89. The van der Waals surface area contributed by atoms with Crippen LogP contribution in [0.4, 0.5) is 23.1 Å². The third-order valence-electron chi connectivity index (χ3n) is 7.50. The van der Waals surface area contributed by atoms with Crippen LogP contribution in [0.3, 0.4) is 0 Å². The third-order valence-corrected chi connectivity index (χ3v) is 7.50. The summed E-state index contributed by atoms with van der Waals surface area (Å²) in [5.74, 6) is 1.62. The highest BCUT2D eigenvalue weighted by Gasteiger charge is 2.29. The second-order valence-corrected chi connectivity index (χ2v) is 10.1. The number of fused-ring (bicyclic) bond motifs is 2. The highest BCUT2D eigenvalue weighted by molar-refractivity contribution is 5.90. The predicted octanol–water partition coefficient (Wildman–Crippen LogP) is 3.96. The quantitative estimate of drug-likeness (QED) is 0.385. The van der Waals surface area contributed by atoms with Gasteiger partial charge in [-0.1, -0.05) is 24.3 Å². The van der Waals surface area contributed by atoms with E-state index in [4.69, 9.17) is 4.98 Å². The van der Waals surface area contributed by atoms with Crippen LogP contribution in [0.2, 0.25) is 0 Å². The maximum Gasteiger partial charge on any atom is 0.229 e. The molecule has 0 aliphatic carbocycles.